The van der Waals surface area contributed by atoms with Crippen LogP contribution < -0.4 is 4.90 Å². The summed E-state index contributed by atoms with van der Waals surface area (Å²) in [6.45, 7) is 5.64. The SMILES string of the molecule is Brc1cn2ccnc2c(N2CCN(CC3CC3)CC2)n1. The zero-order chi connectivity index (χ0) is 13.5. The van der Waals surface area contributed by atoms with Crippen LogP contribution in [0.15, 0.2) is 23.2 Å². The Bertz CT molecular complexity index is 613. The van der Waals surface area contributed by atoms with E-state index in [1.54, 1.807) is 0 Å². The highest BCUT2D eigenvalue weighted by molar-refractivity contribution is 9.10. The average molecular weight is 336 g/mol. The molecule has 0 radical (unpaired) electrons. The molecule has 0 atom stereocenters. The lowest BCUT2D eigenvalue weighted by Crippen LogP contribution is -2.47. The van der Waals surface area contributed by atoms with Gasteiger partial charge in [0, 0.05) is 51.3 Å². The van der Waals surface area contributed by atoms with Gasteiger partial charge in [0.25, 0.3) is 0 Å². The van der Waals surface area contributed by atoms with Crippen LogP contribution >= 0.6 is 15.9 Å². The van der Waals surface area contributed by atoms with E-state index < -0.39 is 0 Å². The number of imidazole rings is 1. The molecule has 0 spiro atoms. The van der Waals surface area contributed by atoms with Gasteiger partial charge >= 0.3 is 0 Å². The van der Waals surface area contributed by atoms with Gasteiger partial charge in [-0.15, -0.1) is 0 Å². The molecular weight excluding hydrogens is 318 g/mol. The highest BCUT2D eigenvalue weighted by Crippen LogP contribution is 2.30. The number of nitrogens with zero attached hydrogens (tertiary/aromatic N) is 5. The number of halogens is 1. The molecule has 5 nitrogen and oxygen atoms in total. The molecule has 1 saturated carbocycles. The van der Waals surface area contributed by atoms with Gasteiger partial charge < -0.3 is 9.30 Å². The Morgan fingerprint density at radius 3 is 2.75 bits per heavy atom. The van der Waals surface area contributed by atoms with Gasteiger partial charge in [0.15, 0.2) is 11.5 Å². The van der Waals surface area contributed by atoms with Crippen molar-refractivity contribution in [1.82, 2.24) is 19.3 Å². The van der Waals surface area contributed by atoms with Gasteiger partial charge in [-0.3, -0.25) is 4.90 Å². The Labute approximate surface area is 126 Å². The van der Waals surface area contributed by atoms with Crippen LogP contribution in [0.3, 0.4) is 0 Å². The normalized spacial score (nSPS) is 20.8. The fourth-order valence-corrected chi connectivity index (χ4v) is 3.29. The summed E-state index contributed by atoms with van der Waals surface area (Å²) < 4.78 is 2.89. The average Bonchev–Trinajstić information content (AvgIpc) is 3.14. The summed E-state index contributed by atoms with van der Waals surface area (Å²) in [5.74, 6) is 1.97. The molecule has 2 aromatic rings. The second-order valence-corrected chi connectivity index (χ2v) is 6.59. The molecule has 3 heterocycles. The molecule has 2 aliphatic rings. The van der Waals surface area contributed by atoms with Crippen molar-refractivity contribution in [3.63, 3.8) is 0 Å². The van der Waals surface area contributed by atoms with Crippen molar-refractivity contribution in [2.75, 3.05) is 37.6 Å². The summed E-state index contributed by atoms with van der Waals surface area (Å²) >= 11 is 3.49. The third-order valence-electron chi connectivity index (χ3n) is 4.21. The lowest BCUT2D eigenvalue weighted by atomic mass is 10.3. The number of hydrogen-bond acceptors (Lipinski definition) is 4. The third kappa shape index (κ3) is 2.42. The molecule has 1 aliphatic heterocycles. The van der Waals surface area contributed by atoms with Crippen LogP contribution in [0.5, 0.6) is 0 Å². The maximum atomic E-state index is 4.64. The van der Waals surface area contributed by atoms with E-state index >= 15 is 0 Å². The zero-order valence-electron chi connectivity index (χ0n) is 11.4. The van der Waals surface area contributed by atoms with Crippen LogP contribution in [0.25, 0.3) is 5.65 Å². The molecule has 2 aromatic heterocycles. The molecule has 4 rings (SSSR count). The fraction of sp³-hybridized carbons (Fsp3) is 0.571. The van der Waals surface area contributed by atoms with Gasteiger partial charge in [-0.25, -0.2) is 9.97 Å². The topological polar surface area (TPSA) is 36.7 Å². The van der Waals surface area contributed by atoms with Crippen LogP contribution in [-0.2, 0) is 0 Å². The quantitative estimate of drug-likeness (QED) is 0.859. The first-order chi connectivity index (χ1) is 9.79. The Morgan fingerprint density at radius 2 is 2.00 bits per heavy atom. The molecule has 0 unspecified atom stereocenters. The number of hydrogen-bond donors (Lipinski definition) is 0. The largest absolute Gasteiger partial charge is 0.351 e. The highest BCUT2D eigenvalue weighted by atomic mass is 79.9. The van der Waals surface area contributed by atoms with Crippen molar-refractivity contribution in [3.8, 4) is 0 Å². The van der Waals surface area contributed by atoms with Crippen molar-refractivity contribution >= 4 is 27.4 Å². The van der Waals surface area contributed by atoms with Crippen LogP contribution in [0.1, 0.15) is 12.8 Å². The molecule has 2 fully saturated rings. The fourth-order valence-electron chi connectivity index (χ4n) is 2.91. The Kier molecular flexibility index (Phi) is 3.15. The van der Waals surface area contributed by atoms with Crippen molar-refractivity contribution in [3.05, 3.63) is 23.2 Å². The number of anilines is 1. The molecule has 1 saturated heterocycles. The van der Waals surface area contributed by atoms with E-state index in [2.05, 4.69) is 35.7 Å². The first-order valence-corrected chi connectivity index (χ1v) is 8.05. The van der Waals surface area contributed by atoms with Crippen LogP contribution in [-0.4, -0.2) is 52.0 Å². The molecule has 20 heavy (non-hydrogen) atoms. The van der Waals surface area contributed by atoms with Crippen LogP contribution in [0.4, 0.5) is 5.82 Å². The van der Waals surface area contributed by atoms with E-state index in [1.165, 1.54) is 19.4 Å². The van der Waals surface area contributed by atoms with E-state index in [0.29, 0.717) is 0 Å². The minimum absolute atomic E-state index is 0.860. The van der Waals surface area contributed by atoms with E-state index in [4.69, 9.17) is 0 Å². The molecule has 106 valence electrons. The second-order valence-electron chi connectivity index (χ2n) is 5.78. The van der Waals surface area contributed by atoms with Gasteiger partial charge in [0.2, 0.25) is 0 Å². The lowest BCUT2D eigenvalue weighted by Gasteiger charge is -2.35. The monoisotopic (exact) mass is 335 g/mol. The molecule has 0 N–H and O–H groups in total. The number of piperazine rings is 1. The summed E-state index contributed by atoms with van der Waals surface area (Å²) in [5, 5.41) is 0. The molecule has 0 amide bonds. The van der Waals surface area contributed by atoms with Gasteiger partial charge in [-0.1, -0.05) is 0 Å². The predicted molar refractivity (Wildman–Crippen MR) is 82.1 cm³/mol. The van der Waals surface area contributed by atoms with Gasteiger partial charge in [-0.2, -0.15) is 0 Å². The van der Waals surface area contributed by atoms with E-state index in [1.807, 2.05) is 23.0 Å². The minimum Gasteiger partial charge on any atom is -0.351 e. The van der Waals surface area contributed by atoms with E-state index in [9.17, 15) is 0 Å². The van der Waals surface area contributed by atoms with Crippen molar-refractivity contribution < 1.29 is 0 Å². The molecule has 6 heteroatoms. The van der Waals surface area contributed by atoms with E-state index in [-0.39, 0.29) is 0 Å². The van der Waals surface area contributed by atoms with Crippen molar-refractivity contribution in [1.29, 1.82) is 0 Å². The molecule has 0 aromatic carbocycles. The smallest absolute Gasteiger partial charge is 0.180 e. The maximum absolute atomic E-state index is 4.64. The van der Waals surface area contributed by atoms with Gasteiger partial charge in [0.05, 0.1) is 0 Å². The standard InChI is InChI=1S/C14H18BrN5/c15-12-10-20-4-3-16-13(20)14(17-12)19-7-5-18(6-8-19)9-11-1-2-11/h3-4,10-11H,1-2,5-9H2. The second kappa shape index (κ2) is 5.00. The molecular formula is C14H18BrN5. The molecule has 1 aliphatic carbocycles. The number of fused-ring (bicyclic) bond motifs is 1. The summed E-state index contributed by atoms with van der Waals surface area (Å²) in [6.07, 6.45) is 8.62. The lowest BCUT2D eigenvalue weighted by molar-refractivity contribution is 0.247. The van der Waals surface area contributed by atoms with Gasteiger partial charge in [0.1, 0.15) is 4.60 Å². The maximum Gasteiger partial charge on any atom is 0.180 e. The highest BCUT2D eigenvalue weighted by Gasteiger charge is 2.27. The first-order valence-electron chi connectivity index (χ1n) is 7.26. The third-order valence-corrected chi connectivity index (χ3v) is 4.59. The summed E-state index contributed by atoms with van der Waals surface area (Å²) in [4.78, 5) is 14.0. The van der Waals surface area contributed by atoms with Gasteiger partial charge in [-0.05, 0) is 34.7 Å². The Hall–Kier alpha value is -1.14. The summed E-state index contributed by atoms with van der Waals surface area (Å²) in [7, 11) is 0. The number of rotatable bonds is 3. The zero-order valence-corrected chi connectivity index (χ0v) is 13.0. The van der Waals surface area contributed by atoms with Crippen molar-refractivity contribution in [2.24, 2.45) is 5.92 Å². The van der Waals surface area contributed by atoms with Crippen LogP contribution in [0.2, 0.25) is 0 Å². The predicted octanol–water partition coefficient (Wildman–Crippen LogP) is 2.02. The van der Waals surface area contributed by atoms with E-state index in [0.717, 1.165) is 48.2 Å². The Balaban J connectivity index is 1.53. The number of aromatic nitrogens is 3. The van der Waals surface area contributed by atoms with Crippen LogP contribution in [0, 0.1) is 5.92 Å². The molecule has 0 bridgehead atoms. The Morgan fingerprint density at radius 1 is 1.20 bits per heavy atom. The summed E-state index contributed by atoms with van der Waals surface area (Å²) in [5.41, 5.74) is 0.948. The van der Waals surface area contributed by atoms with Crippen molar-refractivity contribution in [2.45, 2.75) is 12.8 Å². The summed E-state index contributed by atoms with van der Waals surface area (Å²) in [6, 6.07) is 0. The first kappa shape index (κ1) is 12.6. The minimum atomic E-state index is 0.860.